The highest BCUT2D eigenvalue weighted by atomic mass is 16.5. The molecule has 1 heterocycles. The number of rotatable bonds is 5. The lowest BCUT2D eigenvalue weighted by Crippen LogP contribution is -2.22. The molecule has 0 bridgehead atoms. The van der Waals surface area contributed by atoms with E-state index in [0.29, 0.717) is 17.1 Å². The molecule has 0 spiro atoms. The third-order valence-electron chi connectivity index (χ3n) is 3.38. The van der Waals surface area contributed by atoms with Crippen molar-refractivity contribution in [2.45, 2.75) is 13.8 Å². The molecular weight excluding hydrogens is 308 g/mol. The lowest BCUT2D eigenvalue weighted by atomic mass is 10.2. The minimum Gasteiger partial charge on any atom is -0.466 e. The molecule has 0 saturated carbocycles. The van der Waals surface area contributed by atoms with Gasteiger partial charge in [0.1, 0.15) is 0 Å². The van der Waals surface area contributed by atoms with Crippen molar-refractivity contribution in [1.29, 1.82) is 0 Å². The zero-order chi connectivity index (χ0) is 17.7. The van der Waals surface area contributed by atoms with Crippen molar-refractivity contribution >= 4 is 17.5 Å². The van der Waals surface area contributed by atoms with E-state index < -0.39 is 0 Å². The largest absolute Gasteiger partial charge is 0.466 e. The Morgan fingerprint density at radius 3 is 2.38 bits per heavy atom. The van der Waals surface area contributed by atoms with Gasteiger partial charge >= 0.3 is 0 Å². The predicted octanol–water partition coefficient (Wildman–Crippen LogP) is 1.81. The average Bonchev–Trinajstić information content (AvgIpc) is 2.56. The molecule has 0 aliphatic heterocycles. The number of benzene rings is 1. The van der Waals surface area contributed by atoms with Gasteiger partial charge in [-0.25, -0.2) is 0 Å². The van der Waals surface area contributed by atoms with E-state index in [1.54, 1.807) is 44.4 Å². The third-order valence-corrected chi connectivity index (χ3v) is 3.38. The van der Waals surface area contributed by atoms with E-state index in [1.807, 2.05) is 13.8 Å². The van der Waals surface area contributed by atoms with Crippen molar-refractivity contribution in [2.75, 3.05) is 26.0 Å². The fourth-order valence-corrected chi connectivity index (χ4v) is 1.88. The summed E-state index contributed by atoms with van der Waals surface area (Å²) < 4.78 is 5.32. The maximum absolute atomic E-state index is 11.9. The Hall–Kier alpha value is -2.96. The molecule has 0 aliphatic rings. The van der Waals surface area contributed by atoms with E-state index in [-0.39, 0.29) is 18.4 Å². The number of hydrogen-bond acceptors (Lipinski definition) is 5. The van der Waals surface area contributed by atoms with Crippen molar-refractivity contribution in [2.24, 2.45) is 0 Å². The summed E-state index contributed by atoms with van der Waals surface area (Å²) in [6.45, 7) is 3.58. The number of aryl methyl sites for hydroxylation is 2. The minimum absolute atomic E-state index is 0.0930. The van der Waals surface area contributed by atoms with Gasteiger partial charge < -0.3 is 15.0 Å². The summed E-state index contributed by atoms with van der Waals surface area (Å²) in [6.07, 6.45) is 0. The molecule has 7 nitrogen and oxygen atoms in total. The molecular formula is C17H20N4O3. The number of nitrogens with zero attached hydrogens (tertiary/aromatic N) is 3. The summed E-state index contributed by atoms with van der Waals surface area (Å²) in [6, 6.07) is 8.40. The number of ether oxygens (including phenoxy) is 1. The lowest BCUT2D eigenvalue weighted by Gasteiger charge is -2.11. The Morgan fingerprint density at radius 1 is 1.12 bits per heavy atom. The highest BCUT2D eigenvalue weighted by molar-refractivity contribution is 5.95. The number of nitrogens with one attached hydrogen (secondary N) is 1. The Bertz CT molecular complexity index is 742. The van der Waals surface area contributed by atoms with E-state index in [1.165, 1.54) is 4.90 Å². The quantitative estimate of drug-likeness (QED) is 0.905. The fraction of sp³-hybridized carbons (Fsp3) is 0.294. The number of hydrogen-bond donors (Lipinski definition) is 1. The SMILES string of the molecule is Cc1cc(OCC(=O)Nc2ccc(C(=O)N(C)C)cc2)nnc1C. The average molecular weight is 328 g/mol. The fourth-order valence-electron chi connectivity index (χ4n) is 1.88. The number of amides is 2. The van der Waals surface area contributed by atoms with Gasteiger partial charge in [-0.3, -0.25) is 9.59 Å². The van der Waals surface area contributed by atoms with Gasteiger partial charge in [0.2, 0.25) is 5.88 Å². The van der Waals surface area contributed by atoms with Crippen LogP contribution in [-0.4, -0.2) is 47.6 Å². The van der Waals surface area contributed by atoms with Crippen LogP contribution in [0.5, 0.6) is 5.88 Å². The van der Waals surface area contributed by atoms with Crippen LogP contribution in [0.2, 0.25) is 0 Å². The second kappa shape index (κ2) is 7.54. The van der Waals surface area contributed by atoms with E-state index in [9.17, 15) is 9.59 Å². The molecule has 0 radical (unpaired) electrons. The number of carbonyl (C=O) groups is 2. The standard InChI is InChI=1S/C17H20N4O3/c1-11-9-16(20-19-12(11)2)24-10-15(22)18-14-7-5-13(6-8-14)17(23)21(3)4/h5-9H,10H2,1-4H3,(H,18,22). The molecule has 2 rings (SSSR count). The highest BCUT2D eigenvalue weighted by Crippen LogP contribution is 2.12. The summed E-state index contributed by atoms with van der Waals surface area (Å²) in [5.41, 5.74) is 2.91. The Kier molecular flexibility index (Phi) is 5.47. The van der Waals surface area contributed by atoms with Crippen LogP contribution in [-0.2, 0) is 4.79 Å². The Morgan fingerprint density at radius 2 is 1.79 bits per heavy atom. The van der Waals surface area contributed by atoms with Crippen LogP contribution in [0.15, 0.2) is 30.3 Å². The molecule has 7 heteroatoms. The van der Waals surface area contributed by atoms with Gasteiger partial charge in [0.05, 0.1) is 5.69 Å². The van der Waals surface area contributed by atoms with Crippen molar-refractivity contribution in [3.63, 3.8) is 0 Å². The molecule has 0 unspecified atom stereocenters. The summed E-state index contributed by atoms with van der Waals surface area (Å²) in [4.78, 5) is 25.2. The zero-order valence-corrected chi connectivity index (χ0v) is 14.2. The van der Waals surface area contributed by atoms with Gasteiger partial charge in [-0.15, -0.1) is 5.10 Å². The summed E-state index contributed by atoms with van der Waals surface area (Å²) in [7, 11) is 3.37. The van der Waals surface area contributed by atoms with Crippen molar-refractivity contribution in [3.8, 4) is 5.88 Å². The summed E-state index contributed by atoms with van der Waals surface area (Å²) in [5, 5.41) is 10.5. The van der Waals surface area contributed by atoms with Gasteiger partial charge in [-0.05, 0) is 43.7 Å². The minimum atomic E-state index is -0.318. The number of anilines is 1. The highest BCUT2D eigenvalue weighted by Gasteiger charge is 2.09. The summed E-state index contributed by atoms with van der Waals surface area (Å²) in [5.74, 6) is -0.105. The van der Waals surface area contributed by atoms with E-state index >= 15 is 0 Å². The van der Waals surface area contributed by atoms with Crippen LogP contribution in [0.25, 0.3) is 0 Å². The van der Waals surface area contributed by atoms with Crippen LogP contribution >= 0.6 is 0 Å². The zero-order valence-electron chi connectivity index (χ0n) is 14.2. The molecule has 0 saturated heterocycles. The first-order valence-corrected chi connectivity index (χ1v) is 7.42. The molecule has 2 amide bonds. The normalized spacial score (nSPS) is 10.2. The lowest BCUT2D eigenvalue weighted by molar-refractivity contribution is -0.118. The molecule has 126 valence electrons. The van der Waals surface area contributed by atoms with Crippen molar-refractivity contribution < 1.29 is 14.3 Å². The van der Waals surface area contributed by atoms with E-state index in [4.69, 9.17) is 4.74 Å². The topological polar surface area (TPSA) is 84.4 Å². The van der Waals surface area contributed by atoms with Gasteiger partial charge in [0.15, 0.2) is 6.61 Å². The smallest absolute Gasteiger partial charge is 0.262 e. The first-order chi connectivity index (χ1) is 11.4. The maximum Gasteiger partial charge on any atom is 0.262 e. The Balaban J connectivity index is 1.90. The van der Waals surface area contributed by atoms with Crippen LogP contribution in [0.3, 0.4) is 0 Å². The van der Waals surface area contributed by atoms with Gasteiger partial charge in [-0.1, -0.05) is 0 Å². The second-order valence-electron chi connectivity index (χ2n) is 5.56. The second-order valence-corrected chi connectivity index (χ2v) is 5.56. The predicted molar refractivity (Wildman–Crippen MR) is 90.1 cm³/mol. The van der Waals surface area contributed by atoms with Crippen LogP contribution in [0.1, 0.15) is 21.6 Å². The van der Waals surface area contributed by atoms with Gasteiger partial charge in [0.25, 0.3) is 11.8 Å². The molecule has 0 atom stereocenters. The summed E-state index contributed by atoms with van der Waals surface area (Å²) >= 11 is 0. The first kappa shape index (κ1) is 17.4. The molecule has 1 aromatic heterocycles. The van der Waals surface area contributed by atoms with Crippen molar-refractivity contribution in [1.82, 2.24) is 15.1 Å². The molecule has 0 fully saturated rings. The van der Waals surface area contributed by atoms with Gasteiger partial charge in [-0.2, -0.15) is 5.10 Å². The molecule has 1 N–H and O–H groups in total. The monoisotopic (exact) mass is 328 g/mol. The van der Waals surface area contributed by atoms with Crippen LogP contribution < -0.4 is 10.1 Å². The molecule has 24 heavy (non-hydrogen) atoms. The third kappa shape index (κ3) is 4.52. The van der Waals surface area contributed by atoms with Crippen molar-refractivity contribution in [3.05, 3.63) is 47.2 Å². The maximum atomic E-state index is 11.9. The molecule has 1 aromatic carbocycles. The number of carbonyl (C=O) groups excluding carboxylic acids is 2. The van der Waals surface area contributed by atoms with E-state index in [2.05, 4.69) is 15.5 Å². The van der Waals surface area contributed by atoms with Crippen LogP contribution in [0.4, 0.5) is 5.69 Å². The molecule has 2 aromatic rings. The number of aromatic nitrogens is 2. The molecule has 0 aliphatic carbocycles. The Labute approximate surface area is 140 Å². The van der Waals surface area contributed by atoms with Gasteiger partial charge in [0, 0.05) is 31.4 Å². The van der Waals surface area contributed by atoms with Crippen LogP contribution in [0, 0.1) is 13.8 Å². The first-order valence-electron chi connectivity index (χ1n) is 7.42. The van der Waals surface area contributed by atoms with E-state index in [0.717, 1.165) is 11.3 Å².